The Bertz CT molecular complexity index is 1200. The molecule has 13 nitrogen and oxygen atoms in total. The highest BCUT2D eigenvalue weighted by Crippen LogP contribution is 2.35. The fraction of sp³-hybridized carbons (Fsp3) is 0.174. The maximum Gasteiger partial charge on any atom is 0.338 e. The molecule has 0 aliphatic rings. The van der Waals surface area contributed by atoms with E-state index >= 15 is 0 Å². The number of carbonyl (C=O) groups excluding carboxylic acids is 2. The number of benzene rings is 2. The molecule has 1 aromatic heterocycles. The van der Waals surface area contributed by atoms with Gasteiger partial charge in [0.2, 0.25) is 11.6 Å². The first kappa shape index (κ1) is 25.6. The lowest BCUT2D eigenvalue weighted by Crippen LogP contribution is -2.07. The minimum absolute atomic E-state index is 0.207. The van der Waals surface area contributed by atoms with Crippen LogP contribution in [0.5, 0.6) is 0 Å². The van der Waals surface area contributed by atoms with E-state index in [2.05, 4.69) is 15.6 Å². The third-order valence-electron chi connectivity index (χ3n) is 4.69. The second kappa shape index (κ2) is 11.4. The van der Waals surface area contributed by atoms with Crippen LogP contribution >= 0.6 is 0 Å². The Labute approximate surface area is 204 Å². The van der Waals surface area contributed by atoms with Crippen molar-refractivity contribution >= 4 is 46.3 Å². The summed E-state index contributed by atoms with van der Waals surface area (Å²) in [6.45, 7) is 3.76. The molecule has 0 fully saturated rings. The van der Waals surface area contributed by atoms with E-state index in [-0.39, 0.29) is 36.0 Å². The van der Waals surface area contributed by atoms with Gasteiger partial charge in [0.15, 0.2) is 0 Å². The van der Waals surface area contributed by atoms with E-state index in [0.29, 0.717) is 11.4 Å². The Hall–Kier alpha value is -5.07. The van der Waals surface area contributed by atoms with Crippen molar-refractivity contribution in [1.82, 2.24) is 4.98 Å². The third kappa shape index (κ3) is 6.08. The molecular formula is C23H21N5O8. The first-order valence-corrected chi connectivity index (χ1v) is 10.7. The highest BCUT2D eigenvalue weighted by atomic mass is 16.6. The molecule has 0 unspecified atom stereocenters. The third-order valence-corrected chi connectivity index (χ3v) is 4.69. The molecule has 36 heavy (non-hydrogen) atoms. The highest BCUT2D eigenvalue weighted by molar-refractivity contribution is 5.90. The van der Waals surface area contributed by atoms with Crippen molar-refractivity contribution in [2.24, 2.45) is 0 Å². The number of aromatic nitrogens is 1. The van der Waals surface area contributed by atoms with Crippen molar-refractivity contribution in [3.63, 3.8) is 0 Å². The van der Waals surface area contributed by atoms with Gasteiger partial charge in [-0.05, 0) is 62.4 Å². The number of nitrogens with zero attached hydrogens (tertiary/aromatic N) is 3. The molecule has 0 spiro atoms. The molecule has 0 radical (unpaired) electrons. The number of nitrogens with one attached hydrogen (secondary N) is 2. The van der Waals surface area contributed by atoms with Gasteiger partial charge in [0.05, 0.1) is 34.2 Å². The minimum atomic E-state index is -0.798. The monoisotopic (exact) mass is 495 g/mol. The number of pyridine rings is 1. The molecule has 3 aromatic rings. The normalized spacial score (nSPS) is 10.3. The van der Waals surface area contributed by atoms with Gasteiger partial charge >= 0.3 is 23.3 Å². The van der Waals surface area contributed by atoms with Gasteiger partial charge in [-0.1, -0.05) is 0 Å². The quantitative estimate of drug-likeness (QED) is 0.226. The molecule has 0 amide bonds. The summed E-state index contributed by atoms with van der Waals surface area (Å²) in [4.78, 5) is 49.4. The van der Waals surface area contributed by atoms with Gasteiger partial charge in [-0.2, -0.15) is 4.98 Å². The van der Waals surface area contributed by atoms with Gasteiger partial charge in [-0.15, -0.1) is 0 Å². The average Bonchev–Trinajstić information content (AvgIpc) is 2.85. The van der Waals surface area contributed by atoms with E-state index in [1.165, 1.54) is 48.5 Å². The molecule has 1 heterocycles. The fourth-order valence-electron chi connectivity index (χ4n) is 3.04. The molecule has 186 valence electrons. The lowest BCUT2D eigenvalue weighted by atomic mass is 10.2. The first-order valence-electron chi connectivity index (χ1n) is 10.7. The molecule has 3 rings (SSSR count). The second-order valence-electron chi connectivity index (χ2n) is 7.08. The van der Waals surface area contributed by atoms with Crippen molar-refractivity contribution in [1.29, 1.82) is 0 Å². The van der Waals surface area contributed by atoms with Crippen LogP contribution in [-0.4, -0.2) is 40.0 Å². The zero-order chi connectivity index (χ0) is 26.2. The van der Waals surface area contributed by atoms with Gasteiger partial charge in [0.1, 0.15) is 6.07 Å². The second-order valence-corrected chi connectivity index (χ2v) is 7.08. The molecule has 13 heteroatoms. The largest absolute Gasteiger partial charge is 0.462 e. The van der Waals surface area contributed by atoms with E-state index in [1.807, 2.05) is 0 Å². The summed E-state index contributed by atoms with van der Waals surface area (Å²) in [5.74, 6) is -1.58. The van der Waals surface area contributed by atoms with E-state index in [0.717, 1.165) is 6.07 Å². The van der Waals surface area contributed by atoms with Crippen molar-refractivity contribution in [3.8, 4) is 0 Å². The molecule has 0 bridgehead atoms. The van der Waals surface area contributed by atoms with E-state index in [4.69, 9.17) is 9.47 Å². The van der Waals surface area contributed by atoms with Gasteiger partial charge in [-0.25, -0.2) is 9.59 Å². The Morgan fingerprint density at radius 3 is 1.42 bits per heavy atom. The molecule has 2 N–H and O–H groups in total. The van der Waals surface area contributed by atoms with Gasteiger partial charge < -0.3 is 20.1 Å². The Kier molecular flexibility index (Phi) is 8.07. The summed E-state index contributed by atoms with van der Waals surface area (Å²) < 4.78 is 9.84. The summed E-state index contributed by atoms with van der Waals surface area (Å²) >= 11 is 0. The molecular weight excluding hydrogens is 474 g/mol. The summed E-state index contributed by atoms with van der Waals surface area (Å²) in [6.07, 6.45) is 0. The number of carbonyl (C=O) groups is 2. The Balaban J connectivity index is 1.94. The van der Waals surface area contributed by atoms with Gasteiger partial charge in [-0.3, -0.25) is 20.2 Å². The van der Waals surface area contributed by atoms with Crippen LogP contribution in [0.1, 0.15) is 34.6 Å². The predicted octanol–water partition coefficient (Wildman–Crippen LogP) is 4.74. The zero-order valence-corrected chi connectivity index (χ0v) is 19.2. The topological polar surface area (TPSA) is 176 Å². The maximum absolute atomic E-state index is 11.8. The van der Waals surface area contributed by atoms with Crippen molar-refractivity contribution < 1.29 is 28.9 Å². The van der Waals surface area contributed by atoms with E-state index < -0.39 is 33.2 Å². The van der Waals surface area contributed by atoms with Crippen LogP contribution in [0.3, 0.4) is 0 Å². The van der Waals surface area contributed by atoms with Gasteiger partial charge in [0, 0.05) is 11.4 Å². The number of hydrogen-bond donors (Lipinski definition) is 2. The summed E-state index contributed by atoms with van der Waals surface area (Å²) in [5.41, 5.74) is -0.00222. The van der Waals surface area contributed by atoms with Crippen LogP contribution < -0.4 is 10.6 Å². The van der Waals surface area contributed by atoms with Crippen molar-refractivity contribution in [2.75, 3.05) is 23.8 Å². The van der Waals surface area contributed by atoms with Crippen LogP contribution in [0.4, 0.5) is 34.4 Å². The van der Waals surface area contributed by atoms with Crippen LogP contribution in [0.15, 0.2) is 54.6 Å². The summed E-state index contributed by atoms with van der Waals surface area (Å²) in [6, 6.07) is 12.6. The fourth-order valence-corrected chi connectivity index (χ4v) is 3.04. The lowest BCUT2D eigenvalue weighted by Gasteiger charge is -2.11. The molecule has 0 saturated heterocycles. The van der Waals surface area contributed by atoms with E-state index in [1.54, 1.807) is 13.8 Å². The Morgan fingerprint density at radius 2 is 1.11 bits per heavy atom. The molecule has 0 aliphatic heterocycles. The number of rotatable bonds is 10. The van der Waals surface area contributed by atoms with Crippen molar-refractivity contribution in [3.05, 3.63) is 86.0 Å². The Morgan fingerprint density at radius 1 is 0.750 bits per heavy atom. The molecule has 0 atom stereocenters. The number of hydrogen-bond acceptors (Lipinski definition) is 11. The maximum atomic E-state index is 11.8. The molecule has 2 aromatic carbocycles. The van der Waals surface area contributed by atoms with Gasteiger partial charge in [0.25, 0.3) is 0 Å². The summed E-state index contributed by atoms with van der Waals surface area (Å²) in [5, 5.41) is 28.7. The first-order chi connectivity index (χ1) is 17.2. The number of nitro groups is 2. The summed E-state index contributed by atoms with van der Waals surface area (Å²) in [7, 11) is 0. The molecule has 0 aliphatic carbocycles. The van der Waals surface area contributed by atoms with Crippen LogP contribution in [0.25, 0.3) is 0 Å². The lowest BCUT2D eigenvalue weighted by molar-refractivity contribution is -0.393. The highest BCUT2D eigenvalue weighted by Gasteiger charge is 2.27. The zero-order valence-electron chi connectivity index (χ0n) is 19.2. The number of anilines is 4. The van der Waals surface area contributed by atoms with Crippen molar-refractivity contribution in [2.45, 2.75) is 13.8 Å². The number of esters is 2. The van der Waals surface area contributed by atoms with Crippen LogP contribution in [0.2, 0.25) is 0 Å². The predicted molar refractivity (Wildman–Crippen MR) is 129 cm³/mol. The van der Waals surface area contributed by atoms with E-state index in [9.17, 15) is 29.8 Å². The molecule has 0 saturated carbocycles. The smallest absolute Gasteiger partial charge is 0.338 e. The SMILES string of the molecule is CCOC(=O)c1ccc(Nc2nc(Nc3ccc(C(=O)OCC)cc3)c([N+](=O)[O-])cc2[N+](=O)[O-])cc1. The van der Waals surface area contributed by atoms with Crippen LogP contribution in [-0.2, 0) is 9.47 Å². The van der Waals surface area contributed by atoms with Crippen LogP contribution in [0, 0.1) is 20.2 Å². The standard InChI is InChI=1S/C23H21N5O8/c1-3-35-22(29)14-5-9-16(10-6-14)24-20-18(27(31)32)13-19(28(33)34)21(26-20)25-17-11-7-15(8-12-17)23(30)36-4-2/h5-13H,3-4H2,1-2H3,(H2,24,25,26). The number of ether oxygens (including phenoxy) is 2. The minimum Gasteiger partial charge on any atom is -0.462 e. The average molecular weight is 495 g/mol.